The number of azo groups is 1. The summed E-state index contributed by atoms with van der Waals surface area (Å²) in [6, 6.07) is 22.1. The lowest BCUT2D eigenvalue weighted by molar-refractivity contribution is -0.0851. The summed E-state index contributed by atoms with van der Waals surface area (Å²) in [5, 5.41) is 10.5. The van der Waals surface area contributed by atoms with E-state index < -0.39 is 0 Å². The first-order chi connectivity index (χ1) is 13.4. The topological polar surface area (TPSA) is 24.7 Å². The molecule has 2 nitrogen and oxygen atoms in total. The summed E-state index contributed by atoms with van der Waals surface area (Å²) in [6.07, 6.45) is 11.1. The van der Waals surface area contributed by atoms with E-state index in [0.717, 1.165) is 0 Å². The van der Waals surface area contributed by atoms with Gasteiger partial charge in [-0.15, -0.1) is 0 Å². The lowest BCUT2D eigenvalue weighted by Gasteiger charge is -2.66. The summed E-state index contributed by atoms with van der Waals surface area (Å²) in [5.41, 5.74) is 2.38. The molecule has 132 valence electrons. The third-order valence-electron chi connectivity index (χ3n) is 8.26. The molecular weight excluding hydrogens is 328 g/mol. The van der Waals surface area contributed by atoms with Crippen molar-refractivity contribution >= 4 is 0 Å². The molecule has 4 bridgehead atoms. The van der Waals surface area contributed by atoms with Crippen LogP contribution < -0.4 is 0 Å². The van der Waals surface area contributed by atoms with Crippen LogP contribution in [0.3, 0.4) is 0 Å². The molecular formula is C25H22N2. The SMILES string of the molecule is C1=C[C@@H]2CC1[C@@H]1[C@H]2[C@]2(c3ccccc3)N=N[C@@]1(c1ccccc1)[C@H]1C=C[C@H]12. The number of hydrogen-bond donors (Lipinski definition) is 0. The van der Waals surface area contributed by atoms with Crippen molar-refractivity contribution in [1.82, 2.24) is 0 Å². The van der Waals surface area contributed by atoms with E-state index in [1.54, 1.807) is 0 Å². The summed E-state index contributed by atoms with van der Waals surface area (Å²) >= 11 is 0. The van der Waals surface area contributed by atoms with Gasteiger partial charge in [0, 0.05) is 23.7 Å². The predicted molar refractivity (Wildman–Crippen MR) is 105 cm³/mol. The molecule has 2 fully saturated rings. The largest absolute Gasteiger partial charge is 0.181 e. The average Bonchev–Trinajstić information content (AvgIpc) is 3.33. The summed E-state index contributed by atoms with van der Waals surface area (Å²) in [6.45, 7) is 0. The minimum absolute atomic E-state index is 0.175. The standard InChI is InChI=1S/C25H22N2/c1-3-7-18(8-4-1)24-20-13-14-21(20)25(27-26-24,19-9-5-2-6-10-19)23-17-12-11-16(15-17)22(23)24/h1-14,16-17,20-23H,15H2/t16-,17?,20-,21+,22+,23-,24-,25+/m1/s1. The second kappa shape index (κ2) is 4.67. The fraction of sp³-hybridized carbons (Fsp3) is 0.360. The maximum absolute atomic E-state index is 5.23. The fourth-order valence-corrected chi connectivity index (χ4v) is 7.37. The van der Waals surface area contributed by atoms with Gasteiger partial charge in [0.25, 0.3) is 0 Å². The Morgan fingerprint density at radius 3 is 1.44 bits per heavy atom. The maximum Gasteiger partial charge on any atom is 0.117 e. The van der Waals surface area contributed by atoms with Gasteiger partial charge in [-0.05, 0) is 29.4 Å². The molecule has 0 saturated heterocycles. The third-order valence-corrected chi connectivity index (χ3v) is 8.26. The second-order valence-corrected chi connectivity index (χ2v) is 9.02. The van der Waals surface area contributed by atoms with Crippen LogP contribution >= 0.6 is 0 Å². The Kier molecular flexibility index (Phi) is 2.52. The van der Waals surface area contributed by atoms with Crippen LogP contribution in [0.25, 0.3) is 0 Å². The van der Waals surface area contributed by atoms with Crippen molar-refractivity contribution in [2.45, 2.75) is 17.5 Å². The van der Waals surface area contributed by atoms with Gasteiger partial charge in [0.05, 0.1) is 0 Å². The van der Waals surface area contributed by atoms with Crippen LogP contribution in [0, 0.1) is 35.5 Å². The molecule has 0 amide bonds. The van der Waals surface area contributed by atoms with Crippen LogP contribution in [-0.4, -0.2) is 0 Å². The lowest BCUT2D eigenvalue weighted by atomic mass is 9.42. The molecule has 2 saturated carbocycles. The quantitative estimate of drug-likeness (QED) is 0.639. The highest BCUT2D eigenvalue weighted by atomic mass is 15.3. The van der Waals surface area contributed by atoms with E-state index in [1.807, 2.05) is 0 Å². The van der Waals surface area contributed by atoms with Crippen molar-refractivity contribution in [2.75, 3.05) is 0 Å². The monoisotopic (exact) mass is 350 g/mol. The van der Waals surface area contributed by atoms with E-state index in [9.17, 15) is 0 Å². The normalized spacial score (nSPS) is 47.0. The molecule has 1 unspecified atom stereocenters. The highest BCUT2D eigenvalue weighted by Crippen LogP contribution is 2.75. The minimum Gasteiger partial charge on any atom is -0.181 e. The zero-order valence-electron chi connectivity index (χ0n) is 15.1. The van der Waals surface area contributed by atoms with Gasteiger partial charge in [-0.3, -0.25) is 0 Å². The summed E-state index contributed by atoms with van der Waals surface area (Å²) in [5.74, 6) is 3.31. The molecule has 6 aliphatic rings. The first kappa shape index (κ1) is 14.6. The molecule has 0 radical (unpaired) electrons. The van der Waals surface area contributed by atoms with E-state index in [4.69, 9.17) is 10.2 Å². The van der Waals surface area contributed by atoms with Crippen LogP contribution in [0.4, 0.5) is 0 Å². The number of benzene rings is 2. The number of fused-ring (bicyclic) bond motifs is 2. The van der Waals surface area contributed by atoms with Gasteiger partial charge in [0.2, 0.25) is 0 Å². The minimum atomic E-state index is -0.175. The maximum atomic E-state index is 5.23. The fourth-order valence-electron chi connectivity index (χ4n) is 7.37. The van der Waals surface area contributed by atoms with Gasteiger partial charge in [-0.2, -0.15) is 10.2 Å². The number of allylic oxidation sites excluding steroid dienone is 2. The summed E-state index contributed by atoms with van der Waals surface area (Å²) < 4.78 is 0. The van der Waals surface area contributed by atoms with Crippen molar-refractivity contribution in [1.29, 1.82) is 0 Å². The summed E-state index contributed by atoms with van der Waals surface area (Å²) in [7, 11) is 0. The Morgan fingerprint density at radius 1 is 0.593 bits per heavy atom. The summed E-state index contributed by atoms with van der Waals surface area (Å²) in [4.78, 5) is 0. The average molecular weight is 350 g/mol. The molecule has 27 heavy (non-hydrogen) atoms. The molecule has 2 aromatic rings. The number of rotatable bonds is 2. The van der Waals surface area contributed by atoms with Crippen molar-refractivity contribution < 1.29 is 0 Å². The number of hydrogen-bond acceptors (Lipinski definition) is 2. The van der Waals surface area contributed by atoms with Gasteiger partial charge in [0.15, 0.2) is 0 Å². The van der Waals surface area contributed by atoms with E-state index in [1.165, 1.54) is 17.5 Å². The van der Waals surface area contributed by atoms with Crippen molar-refractivity contribution in [2.24, 2.45) is 45.7 Å². The molecule has 2 heteroatoms. The van der Waals surface area contributed by atoms with Crippen LogP contribution in [0.2, 0.25) is 0 Å². The van der Waals surface area contributed by atoms with Crippen LogP contribution in [0.5, 0.6) is 0 Å². The van der Waals surface area contributed by atoms with Crippen molar-refractivity contribution in [3.63, 3.8) is 0 Å². The predicted octanol–water partition coefficient (Wildman–Crippen LogP) is 5.50. The molecule has 2 aromatic carbocycles. The Labute approximate surface area is 159 Å². The molecule has 4 aliphatic carbocycles. The Bertz CT molecular complexity index is 928. The van der Waals surface area contributed by atoms with Crippen LogP contribution in [0.1, 0.15) is 17.5 Å². The Morgan fingerprint density at radius 2 is 1.04 bits per heavy atom. The molecule has 8 rings (SSSR count). The Hall–Kier alpha value is -2.48. The highest BCUT2D eigenvalue weighted by molar-refractivity contribution is 5.47. The van der Waals surface area contributed by atoms with Gasteiger partial charge in [-0.1, -0.05) is 85.0 Å². The molecule has 0 aromatic heterocycles. The smallest absolute Gasteiger partial charge is 0.117 e. The van der Waals surface area contributed by atoms with Crippen LogP contribution in [0.15, 0.2) is 95.2 Å². The van der Waals surface area contributed by atoms with Gasteiger partial charge in [-0.25, -0.2) is 0 Å². The van der Waals surface area contributed by atoms with Crippen molar-refractivity contribution in [3.05, 3.63) is 96.1 Å². The van der Waals surface area contributed by atoms with E-state index in [2.05, 4.69) is 85.0 Å². The number of nitrogens with zero attached hydrogens (tertiary/aromatic N) is 2. The highest BCUT2D eigenvalue weighted by Gasteiger charge is 2.75. The lowest BCUT2D eigenvalue weighted by Crippen LogP contribution is -2.66. The van der Waals surface area contributed by atoms with Crippen molar-refractivity contribution in [3.8, 4) is 0 Å². The molecule has 0 N–H and O–H groups in total. The van der Waals surface area contributed by atoms with E-state index in [-0.39, 0.29) is 11.1 Å². The van der Waals surface area contributed by atoms with Gasteiger partial charge in [0.1, 0.15) is 11.1 Å². The molecule has 2 heterocycles. The zero-order valence-corrected chi connectivity index (χ0v) is 15.1. The van der Waals surface area contributed by atoms with Gasteiger partial charge < -0.3 is 0 Å². The first-order valence-electron chi connectivity index (χ1n) is 10.3. The van der Waals surface area contributed by atoms with Gasteiger partial charge >= 0.3 is 0 Å². The van der Waals surface area contributed by atoms with E-state index in [0.29, 0.717) is 35.5 Å². The first-order valence-corrected chi connectivity index (χ1v) is 10.3. The third kappa shape index (κ3) is 1.46. The molecule has 0 spiro atoms. The zero-order chi connectivity index (χ0) is 17.6. The molecule has 8 atom stereocenters. The van der Waals surface area contributed by atoms with Crippen LogP contribution in [-0.2, 0) is 11.1 Å². The van der Waals surface area contributed by atoms with E-state index >= 15 is 0 Å². The molecule has 2 aliphatic heterocycles. The second-order valence-electron chi connectivity index (χ2n) is 9.02. The Balaban J connectivity index is 1.55.